The lowest BCUT2D eigenvalue weighted by molar-refractivity contribution is -0.137. The molecule has 0 spiro atoms. The number of nitrogens with one attached hydrogen (secondary N) is 2. The quantitative estimate of drug-likeness (QED) is 0.579. The van der Waals surface area contributed by atoms with E-state index < -0.39 is 5.97 Å². The van der Waals surface area contributed by atoms with Crippen LogP contribution in [0.3, 0.4) is 0 Å². The lowest BCUT2D eigenvalue weighted by Gasteiger charge is -2.16. The molecule has 0 bridgehead atoms. The van der Waals surface area contributed by atoms with Gasteiger partial charge in [0.05, 0.1) is 0 Å². The molecule has 3 N–H and O–H groups in total. The van der Waals surface area contributed by atoms with E-state index in [9.17, 15) is 9.59 Å². The van der Waals surface area contributed by atoms with Crippen LogP contribution in [0, 0.1) is 11.8 Å². The highest BCUT2D eigenvalue weighted by molar-refractivity contribution is 5.73. The van der Waals surface area contributed by atoms with Crippen LogP contribution in [0.4, 0.5) is 4.79 Å². The van der Waals surface area contributed by atoms with Crippen LogP contribution in [0.25, 0.3) is 0 Å². The molecular formula is C16H30N2O3. The van der Waals surface area contributed by atoms with E-state index in [1.165, 1.54) is 25.7 Å². The van der Waals surface area contributed by atoms with Crippen molar-refractivity contribution in [3.8, 4) is 0 Å². The summed E-state index contributed by atoms with van der Waals surface area (Å²) in [5.74, 6) is 0.304. The first-order valence-corrected chi connectivity index (χ1v) is 8.35. The zero-order valence-corrected chi connectivity index (χ0v) is 13.2. The predicted octanol–water partition coefficient (Wildman–Crippen LogP) is 3.15. The molecule has 0 radical (unpaired) electrons. The summed E-state index contributed by atoms with van der Waals surface area (Å²) in [6, 6.07) is -0.0876. The van der Waals surface area contributed by atoms with Crippen LogP contribution in [-0.2, 0) is 4.79 Å². The lowest BCUT2D eigenvalue weighted by Crippen LogP contribution is -2.38. The Kier molecular flexibility index (Phi) is 8.87. The van der Waals surface area contributed by atoms with Crippen molar-refractivity contribution in [3.05, 3.63) is 0 Å². The molecule has 1 atom stereocenters. The number of carboxylic acid groups (broad SMARTS) is 1. The summed E-state index contributed by atoms with van der Waals surface area (Å²) >= 11 is 0. The largest absolute Gasteiger partial charge is 0.481 e. The van der Waals surface area contributed by atoms with E-state index in [0.29, 0.717) is 24.8 Å². The molecule has 0 saturated heterocycles. The van der Waals surface area contributed by atoms with Gasteiger partial charge in [0.25, 0.3) is 0 Å². The smallest absolute Gasteiger partial charge is 0.314 e. The number of hydrogen-bond donors (Lipinski definition) is 3. The van der Waals surface area contributed by atoms with Crippen molar-refractivity contribution in [3.63, 3.8) is 0 Å². The molecule has 0 aliphatic heterocycles. The van der Waals surface area contributed by atoms with Crippen molar-refractivity contribution in [2.24, 2.45) is 11.8 Å². The van der Waals surface area contributed by atoms with Gasteiger partial charge in [0.2, 0.25) is 0 Å². The number of aliphatic carboxylic acids is 1. The molecule has 5 nitrogen and oxygen atoms in total. The first kappa shape index (κ1) is 17.8. The Morgan fingerprint density at radius 2 is 1.86 bits per heavy atom. The van der Waals surface area contributed by atoms with Gasteiger partial charge in [0.1, 0.15) is 0 Å². The molecule has 5 heteroatoms. The van der Waals surface area contributed by atoms with Gasteiger partial charge < -0.3 is 15.7 Å². The van der Waals surface area contributed by atoms with Crippen LogP contribution < -0.4 is 10.6 Å². The van der Waals surface area contributed by atoms with Gasteiger partial charge in [-0.3, -0.25) is 4.79 Å². The van der Waals surface area contributed by atoms with Crippen LogP contribution in [0.2, 0.25) is 0 Å². The lowest BCUT2D eigenvalue weighted by atomic mass is 9.94. The second-order valence-corrected chi connectivity index (χ2v) is 6.16. The normalized spacial score (nSPS) is 16.6. The Morgan fingerprint density at radius 3 is 2.48 bits per heavy atom. The minimum atomic E-state index is -0.738. The number of hydrogen-bond acceptors (Lipinski definition) is 2. The number of urea groups is 1. The van der Waals surface area contributed by atoms with Crippen LogP contribution in [0.15, 0.2) is 0 Å². The fourth-order valence-electron chi connectivity index (χ4n) is 3.07. The molecule has 1 fully saturated rings. The van der Waals surface area contributed by atoms with Crippen LogP contribution in [0.5, 0.6) is 0 Å². The summed E-state index contributed by atoms with van der Waals surface area (Å²) in [6.07, 6.45) is 8.90. The average molecular weight is 298 g/mol. The maximum absolute atomic E-state index is 11.7. The topological polar surface area (TPSA) is 78.4 Å². The molecule has 1 saturated carbocycles. The third-order valence-electron chi connectivity index (χ3n) is 4.33. The van der Waals surface area contributed by atoms with Gasteiger partial charge in [-0.15, -0.1) is 0 Å². The summed E-state index contributed by atoms with van der Waals surface area (Å²) in [5.41, 5.74) is 0. The number of carbonyl (C=O) groups is 2. The first-order chi connectivity index (χ1) is 10.1. The minimum Gasteiger partial charge on any atom is -0.481 e. The summed E-state index contributed by atoms with van der Waals surface area (Å²) in [4.78, 5) is 22.3. The third kappa shape index (κ3) is 8.58. The standard InChI is InChI=1S/C16H30N2O3/c1-2-5-13(8-9-15(19)20)10-11-17-16(21)18-12-14-6-3-4-7-14/h13-14H,2-12H2,1H3,(H,19,20)(H2,17,18,21). The van der Waals surface area contributed by atoms with E-state index >= 15 is 0 Å². The molecule has 1 aliphatic carbocycles. The summed E-state index contributed by atoms with van der Waals surface area (Å²) in [7, 11) is 0. The SMILES string of the molecule is CCCC(CCNC(=O)NCC1CCCC1)CCC(=O)O. The molecule has 1 rings (SSSR count). The second kappa shape index (κ2) is 10.5. The zero-order valence-electron chi connectivity index (χ0n) is 13.2. The number of amides is 2. The van der Waals surface area contributed by atoms with E-state index in [1.54, 1.807) is 0 Å². The van der Waals surface area contributed by atoms with Crippen LogP contribution >= 0.6 is 0 Å². The number of carboxylic acids is 1. The Bertz CT molecular complexity index is 315. The molecule has 1 aliphatic rings. The average Bonchev–Trinajstić information content (AvgIpc) is 2.95. The Balaban J connectivity index is 2.10. The molecule has 122 valence electrons. The van der Waals surface area contributed by atoms with Gasteiger partial charge in [-0.05, 0) is 37.5 Å². The third-order valence-corrected chi connectivity index (χ3v) is 4.33. The highest BCUT2D eigenvalue weighted by Gasteiger charge is 2.15. The van der Waals surface area contributed by atoms with Crippen molar-refractivity contribution in [1.29, 1.82) is 0 Å². The summed E-state index contributed by atoms with van der Waals surface area (Å²) in [6.45, 7) is 3.51. The Labute approximate surface area is 127 Å². The highest BCUT2D eigenvalue weighted by Crippen LogP contribution is 2.23. The Hall–Kier alpha value is -1.26. The molecule has 0 aromatic heterocycles. The van der Waals surface area contributed by atoms with Crippen molar-refractivity contribution < 1.29 is 14.7 Å². The van der Waals surface area contributed by atoms with Crippen molar-refractivity contribution >= 4 is 12.0 Å². The van der Waals surface area contributed by atoms with E-state index in [-0.39, 0.29) is 12.5 Å². The fraction of sp³-hybridized carbons (Fsp3) is 0.875. The van der Waals surface area contributed by atoms with Crippen molar-refractivity contribution in [1.82, 2.24) is 10.6 Å². The molecule has 0 aromatic carbocycles. The van der Waals surface area contributed by atoms with E-state index in [0.717, 1.165) is 25.8 Å². The van der Waals surface area contributed by atoms with E-state index in [1.807, 2.05) is 0 Å². The molecule has 1 unspecified atom stereocenters. The maximum atomic E-state index is 11.7. The van der Waals surface area contributed by atoms with Crippen LogP contribution in [-0.4, -0.2) is 30.2 Å². The predicted molar refractivity (Wildman–Crippen MR) is 83.2 cm³/mol. The van der Waals surface area contributed by atoms with Gasteiger partial charge in [-0.2, -0.15) is 0 Å². The van der Waals surface area contributed by atoms with E-state index in [4.69, 9.17) is 5.11 Å². The molecule has 0 heterocycles. The maximum Gasteiger partial charge on any atom is 0.314 e. The van der Waals surface area contributed by atoms with Gasteiger partial charge in [-0.1, -0.05) is 32.6 Å². The fourth-order valence-corrected chi connectivity index (χ4v) is 3.07. The van der Waals surface area contributed by atoms with Gasteiger partial charge >= 0.3 is 12.0 Å². The highest BCUT2D eigenvalue weighted by atomic mass is 16.4. The van der Waals surface area contributed by atoms with Crippen LogP contribution in [0.1, 0.15) is 64.7 Å². The second-order valence-electron chi connectivity index (χ2n) is 6.16. The van der Waals surface area contributed by atoms with Crippen molar-refractivity contribution in [2.75, 3.05) is 13.1 Å². The zero-order chi connectivity index (χ0) is 15.5. The molecule has 0 aromatic rings. The van der Waals surface area contributed by atoms with Gasteiger partial charge in [0.15, 0.2) is 0 Å². The minimum absolute atomic E-state index is 0.0876. The monoisotopic (exact) mass is 298 g/mol. The molecular weight excluding hydrogens is 268 g/mol. The Morgan fingerprint density at radius 1 is 1.14 bits per heavy atom. The number of carbonyl (C=O) groups excluding carboxylic acids is 1. The van der Waals surface area contributed by atoms with Crippen molar-refractivity contribution in [2.45, 2.75) is 64.7 Å². The summed E-state index contributed by atoms with van der Waals surface area (Å²) < 4.78 is 0. The molecule has 2 amide bonds. The summed E-state index contributed by atoms with van der Waals surface area (Å²) in [5, 5.41) is 14.6. The van der Waals surface area contributed by atoms with Gasteiger partial charge in [0, 0.05) is 19.5 Å². The van der Waals surface area contributed by atoms with Gasteiger partial charge in [-0.25, -0.2) is 4.79 Å². The van der Waals surface area contributed by atoms with E-state index in [2.05, 4.69) is 17.6 Å². The molecule has 21 heavy (non-hydrogen) atoms. The number of rotatable bonds is 10. The first-order valence-electron chi connectivity index (χ1n) is 8.35.